The van der Waals surface area contributed by atoms with Gasteiger partial charge in [-0.15, -0.1) is 11.3 Å². The molecule has 1 aliphatic heterocycles. The Bertz CT molecular complexity index is 824. The highest BCUT2D eigenvalue weighted by atomic mass is 32.1. The molecule has 1 aromatic carbocycles. The minimum Gasteiger partial charge on any atom is -0.506 e. The van der Waals surface area contributed by atoms with E-state index < -0.39 is 23.6 Å². The second kappa shape index (κ2) is 6.14. The van der Waals surface area contributed by atoms with Crippen molar-refractivity contribution in [3.8, 4) is 17.2 Å². The number of hydrogen-bond donors (Lipinski definition) is 2. The van der Waals surface area contributed by atoms with Crippen molar-refractivity contribution < 1.29 is 34.0 Å². The molecule has 1 aliphatic rings. The molecule has 2 aromatic rings. The van der Waals surface area contributed by atoms with Crippen LogP contribution in [-0.4, -0.2) is 35.9 Å². The van der Waals surface area contributed by atoms with Gasteiger partial charge in [-0.1, -0.05) is 0 Å². The number of aryl methyl sites for hydroxylation is 1. The molecule has 1 aromatic heterocycles. The monoisotopic (exact) mass is 350 g/mol. The normalized spacial score (nSPS) is 13.6. The molecule has 0 unspecified atom stereocenters. The number of thiophene rings is 1. The minimum absolute atomic E-state index is 0.00410. The lowest BCUT2D eigenvalue weighted by atomic mass is 10.0. The number of esters is 1. The number of benzene rings is 1. The van der Waals surface area contributed by atoms with Crippen LogP contribution in [0.2, 0.25) is 0 Å². The fourth-order valence-electron chi connectivity index (χ4n) is 2.41. The molecule has 3 rings (SSSR count). The van der Waals surface area contributed by atoms with Crippen LogP contribution >= 0.6 is 11.3 Å². The van der Waals surface area contributed by atoms with E-state index >= 15 is 0 Å². The summed E-state index contributed by atoms with van der Waals surface area (Å²) in [5, 5.41) is 20.5. The largest absolute Gasteiger partial charge is 0.506 e. The van der Waals surface area contributed by atoms with E-state index in [9.17, 15) is 19.8 Å². The fraction of sp³-hybridized carbons (Fsp3) is 0.250. The molecular formula is C16H14O7S. The zero-order valence-electron chi connectivity index (χ0n) is 12.9. The van der Waals surface area contributed by atoms with Gasteiger partial charge in [0.25, 0.3) is 0 Å². The highest BCUT2D eigenvalue weighted by molar-refractivity contribution is 7.12. The lowest BCUT2D eigenvalue weighted by molar-refractivity contribution is 0.0595. The van der Waals surface area contributed by atoms with Crippen molar-refractivity contribution in [2.75, 3.05) is 13.9 Å². The van der Waals surface area contributed by atoms with E-state index in [-0.39, 0.29) is 22.8 Å². The van der Waals surface area contributed by atoms with Crippen LogP contribution in [0, 0.1) is 6.92 Å². The Morgan fingerprint density at radius 3 is 2.71 bits per heavy atom. The fourth-order valence-corrected chi connectivity index (χ4v) is 3.44. The zero-order valence-corrected chi connectivity index (χ0v) is 13.7. The maximum absolute atomic E-state index is 12.5. The summed E-state index contributed by atoms with van der Waals surface area (Å²) in [7, 11) is 1.19. The van der Waals surface area contributed by atoms with Gasteiger partial charge < -0.3 is 24.4 Å². The number of ketones is 1. The third kappa shape index (κ3) is 2.59. The van der Waals surface area contributed by atoms with E-state index in [0.29, 0.717) is 16.4 Å². The smallest absolute Gasteiger partial charge is 0.342 e. The van der Waals surface area contributed by atoms with Gasteiger partial charge in [0.15, 0.2) is 23.4 Å². The summed E-state index contributed by atoms with van der Waals surface area (Å²) < 4.78 is 15.0. The molecule has 1 atom stereocenters. The van der Waals surface area contributed by atoms with Crippen molar-refractivity contribution in [2.24, 2.45) is 0 Å². The first kappa shape index (κ1) is 16.3. The van der Waals surface area contributed by atoms with Crippen LogP contribution in [0.25, 0.3) is 0 Å². The number of hydrogen-bond acceptors (Lipinski definition) is 8. The maximum Gasteiger partial charge on any atom is 0.342 e. The van der Waals surface area contributed by atoms with Gasteiger partial charge in [0.1, 0.15) is 11.3 Å². The Balaban J connectivity index is 1.93. The van der Waals surface area contributed by atoms with Crippen LogP contribution in [-0.2, 0) is 4.74 Å². The van der Waals surface area contributed by atoms with Gasteiger partial charge in [-0.05, 0) is 25.1 Å². The first-order chi connectivity index (χ1) is 11.4. The zero-order chi connectivity index (χ0) is 17.4. The SMILES string of the molecule is COC(=O)c1c(C)sc([C@@H](O)C(=O)c2ccc3c(c2)OCO3)c1O. The van der Waals surface area contributed by atoms with Gasteiger partial charge in [-0.2, -0.15) is 0 Å². The summed E-state index contributed by atoms with van der Waals surface area (Å²) in [6.45, 7) is 1.67. The predicted octanol–water partition coefficient (Wildman–Crippen LogP) is 2.19. The lowest BCUT2D eigenvalue weighted by Gasteiger charge is -2.09. The number of methoxy groups -OCH3 is 1. The number of carbonyl (C=O) groups excluding carboxylic acids is 2. The number of carbonyl (C=O) groups is 2. The summed E-state index contributed by atoms with van der Waals surface area (Å²) in [6.07, 6.45) is -1.60. The molecule has 0 fully saturated rings. The van der Waals surface area contributed by atoms with Crippen LogP contribution < -0.4 is 9.47 Å². The van der Waals surface area contributed by atoms with Crippen LogP contribution in [0.1, 0.15) is 36.6 Å². The van der Waals surface area contributed by atoms with Gasteiger partial charge in [0.05, 0.1) is 12.0 Å². The van der Waals surface area contributed by atoms with Gasteiger partial charge in [-0.25, -0.2) is 4.79 Å². The first-order valence-corrected chi connectivity index (χ1v) is 7.78. The Morgan fingerprint density at radius 1 is 1.29 bits per heavy atom. The van der Waals surface area contributed by atoms with Crippen LogP contribution in [0.5, 0.6) is 17.2 Å². The first-order valence-electron chi connectivity index (χ1n) is 6.96. The van der Waals surface area contributed by atoms with Gasteiger partial charge >= 0.3 is 5.97 Å². The summed E-state index contributed by atoms with van der Waals surface area (Å²) in [5.74, 6) is -0.860. The van der Waals surface area contributed by atoms with Crippen molar-refractivity contribution in [1.82, 2.24) is 0 Å². The molecule has 0 bridgehead atoms. The average Bonchev–Trinajstić information content (AvgIpc) is 3.16. The van der Waals surface area contributed by atoms with Crippen LogP contribution in [0.4, 0.5) is 0 Å². The molecule has 2 N–H and O–H groups in total. The molecule has 2 heterocycles. The number of aliphatic hydroxyl groups excluding tert-OH is 1. The van der Waals surface area contributed by atoms with Crippen molar-refractivity contribution in [3.63, 3.8) is 0 Å². The highest BCUT2D eigenvalue weighted by Crippen LogP contribution is 2.40. The number of ether oxygens (including phenoxy) is 3. The van der Waals surface area contributed by atoms with Gasteiger partial charge in [0.2, 0.25) is 6.79 Å². The Hall–Kier alpha value is -2.58. The van der Waals surface area contributed by atoms with E-state index in [1.807, 2.05) is 0 Å². The third-order valence-corrected chi connectivity index (χ3v) is 4.78. The molecule has 24 heavy (non-hydrogen) atoms. The minimum atomic E-state index is -1.60. The van der Waals surface area contributed by atoms with E-state index in [0.717, 1.165) is 11.3 Å². The third-order valence-electron chi connectivity index (χ3n) is 3.63. The number of Topliss-reactive ketones (excluding diaryl/α,β-unsaturated/α-hetero) is 1. The second-order valence-electron chi connectivity index (χ2n) is 5.07. The van der Waals surface area contributed by atoms with Crippen LogP contribution in [0.15, 0.2) is 18.2 Å². The van der Waals surface area contributed by atoms with Crippen molar-refractivity contribution >= 4 is 23.1 Å². The molecule has 0 spiro atoms. The van der Waals surface area contributed by atoms with Crippen LogP contribution in [0.3, 0.4) is 0 Å². The highest BCUT2D eigenvalue weighted by Gasteiger charge is 2.30. The molecule has 126 valence electrons. The molecule has 0 saturated heterocycles. The molecular weight excluding hydrogens is 336 g/mol. The summed E-state index contributed by atoms with van der Waals surface area (Å²) >= 11 is 0.964. The van der Waals surface area contributed by atoms with Crippen molar-refractivity contribution in [3.05, 3.63) is 39.1 Å². The maximum atomic E-state index is 12.5. The number of rotatable bonds is 4. The lowest BCUT2D eigenvalue weighted by Crippen LogP contribution is -2.11. The summed E-state index contributed by atoms with van der Waals surface area (Å²) in [5.41, 5.74) is 0.159. The quantitative estimate of drug-likeness (QED) is 0.644. The van der Waals surface area contributed by atoms with E-state index in [1.54, 1.807) is 13.0 Å². The number of aromatic hydroxyl groups is 1. The predicted molar refractivity (Wildman–Crippen MR) is 83.9 cm³/mol. The van der Waals surface area contributed by atoms with E-state index in [2.05, 4.69) is 4.74 Å². The Kier molecular flexibility index (Phi) is 4.16. The summed E-state index contributed by atoms with van der Waals surface area (Å²) in [6, 6.07) is 4.53. The Morgan fingerprint density at radius 2 is 2.00 bits per heavy atom. The number of aliphatic hydroxyl groups is 1. The molecule has 0 saturated carbocycles. The standard InChI is InChI=1S/C16H14O7S/c1-7-11(16(20)21-2)13(18)15(24-7)14(19)12(17)8-3-4-9-10(5-8)23-6-22-9/h3-5,14,18-19H,6H2,1-2H3/t14-/m0/s1. The average molecular weight is 350 g/mol. The van der Waals surface area contributed by atoms with Crippen molar-refractivity contribution in [1.29, 1.82) is 0 Å². The topological polar surface area (TPSA) is 102 Å². The molecule has 0 radical (unpaired) electrons. The van der Waals surface area contributed by atoms with Gasteiger partial charge in [-0.3, -0.25) is 4.79 Å². The van der Waals surface area contributed by atoms with E-state index in [1.165, 1.54) is 19.2 Å². The molecule has 8 heteroatoms. The number of fused-ring (bicyclic) bond motifs is 1. The van der Waals surface area contributed by atoms with E-state index in [4.69, 9.17) is 9.47 Å². The molecule has 0 aliphatic carbocycles. The van der Waals surface area contributed by atoms with Crippen molar-refractivity contribution in [2.45, 2.75) is 13.0 Å². The molecule has 0 amide bonds. The summed E-state index contributed by atoms with van der Waals surface area (Å²) in [4.78, 5) is 24.6. The molecule has 7 nitrogen and oxygen atoms in total. The Labute approximate surface area is 141 Å². The van der Waals surface area contributed by atoms with Gasteiger partial charge in [0, 0.05) is 10.4 Å². The second-order valence-corrected chi connectivity index (χ2v) is 6.33.